The highest BCUT2D eigenvalue weighted by Crippen LogP contribution is 2.05. The van der Waals surface area contributed by atoms with Crippen LogP contribution >= 0.6 is 0 Å². The van der Waals surface area contributed by atoms with Crippen LogP contribution < -0.4 is 5.73 Å². The molecule has 0 aliphatic carbocycles. The van der Waals surface area contributed by atoms with Crippen molar-refractivity contribution < 1.29 is 0 Å². The summed E-state index contributed by atoms with van der Waals surface area (Å²) in [6.45, 7) is 7.95. The highest BCUT2D eigenvalue weighted by Gasteiger charge is 1.85. The molecule has 0 saturated carbocycles. The average molecular weight is 189 g/mol. The van der Waals surface area contributed by atoms with Gasteiger partial charge in [0.1, 0.15) is 0 Å². The van der Waals surface area contributed by atoms with Crippen LogP contribution in [-0.2, 0) is 0 Å². The van der Waals surface area contributed by atoms with Crippen molar-refractivity contribution in [3.63, 3.8) is 0 Å². The minimum atomic E-state index is 0.865. The van der Waals surface area contributed by atoms with Crippen molar-refractivity contribution in [2.24, 2.45) is 5.73 Å². The molecule has 0 aliphatic rings. The SMILES string of the molecule is C=C(/C=C\C=C/C)C/C=C(C)\C=C/N. The van der Waals surface area contributed by atoms with Gasteiger partial charge in [-0.05, 0) is 32.5 Å². The fourth-order valence-electron chi connectivity index (χ4n) is 0.883. The molecular weight excluding hydrogens is 170 g/mol. The van der Waals surface area contributed by atoms with Crippen molar-refractivity contribution in [1.29, 1.82) is 0 Å². The zero-order valence-corrected chi connectivity index (χ0v) is 9.03. The lowest BCUT2D eigenvalue weighted by Crippen LogP contribution is -1.78. The van der Waals surface area contributed by atoms with E-state index in [1.54, 1.807) is 6.20 Å². The Kier molecular flexibility index (Phi) is 7.24. The van der Waals surface area contributed by atoms with Gasteiger partial charge in [-0.1, -0.05) is 48.1 Å². The summed E-state index contributed by atoms with van der Waals surface area (Å²) in [4.78, 5) is 0. The summed E-state index contributed by atoms with van der Waals surface area (Å²) >= 11 is 0. The van der Waals surface area contributed by atoms with E-state index < -0.39 is 0 Å². The van der Waals surface area contributed by atoms with Crippen molar-refractivity contribution in [3.05, 3.63) is 60.4 Å². The smallest absolute Gasteiger partial charge is 0.00598 e. The van der Waals surface area contributed by atoms with Gasteiger partial charge in [-0.15, -0.1) is 0 Å². The van der Waals surface area contributed by atoms with Crippen LogP contribution in [0.5, 0.6) is 0 Å². The summed E-state index contributed by atoms with van der Waals surface area (Å²) in [5, 5.41) is 0. The predicted molar refractivity (Wildman–Crippen MR) is 64.8 cm³/mol. The Hall–Kier alpha value is -1.50. The summed E-state index contributed by atoms with van der Waals surface area (Å²) in [6.07, 6.45) is 14.4. The molecule has 0 heterocycles. The lowest BCUT2D eigenvalue weighted by Gasteiger charge is -1.94. The van der Waals surface area contributed by atoms with Crippen molar-refractivity contribution in [2.75, 3.05) is 0 Å². The van der Waals surface area contributed by atoms with Crippen molar-refractivity contribution in [1.82, 2.24) is 0 Å². The second kappa shape index (κ2) is 8.11. The third-order valence-corrected chi connectivity index (χ3v) is 1.68. The van der Waals surface area contributed by atoms with E-state index >= 15 is 0 Å². The lowest BCUT2D eigenvalue weighted by atomic mass is 10.1. The Morgan fingerprint density at radius 2 is 2.00 bits per heavy atom. The molecule has 0 amide bonds. The lowest BCUT2D eigenvalue weighted by molar-refractivity contribution is 1.26. The molecule has 0 unspecified atom stereocenters. The van der Waals surface area contributed by atoms with E-state index in [1.165, 1.54) is 0 Å². The van der Waals surface area contributed by atoms with Crippen LogP contribution in [0.1, 0.15) is 20.3 Å². The fraction of sp³-hybridized carbons (Fsp3) is 0.231. The molecule has 0 aromatic rings. The highest BCUT2D eigenvalue weighted by molar-refractivity contribution is 5.24. The first-order chi connectivity index (χ1) is 6.70. The molecule has 0 aromatic carbocycles. The first-order valence-electron chi connectivity index (χ1n) is 4.73. The Bertz CT molecular complexity index is 278. The molecule has 1 nitrogen and oxygen atoms in total. The van der Waals surface area contributed by atoms with Crippen molar-refractivity contribution >= 4 is 0 Å². The molecule has 14 heavy (non-hydrogen) atoms. The zero-order valence-electron chi connectivity index (χ0n) is 9.03. The van der Waals surface area contributed by atoms with Crippen LogP contribution in [0.4, 0.5) is 0 Å². The maximum atomic E-state index is 5.27. The van der Waals surface area contributed by atoms with E-state index in [-0.39, 0.29) is 0 Å². The maximum absolute atomic E-state index is 5.27. The largest absolute Gasteiger partial charge is 0.405 e. The Morgan fingerprint density at radius 1 is 1.29 bits per heavy atom. The minimum Gasteiger partial charge on any atom is -0.405 e. The van der Waals surface area contributed by atoms with Gasteiger partial charge in [-0.2, -0.15) is 0 Å². The van der Waals surface area contributed by atoms with Crippen molar-refractivity contribution in [3.8, 4) is 0 Å². The van der Waals surface area contributed by atoms with Gasteiger partial charge >= 0.3 is 0 Å². The van der Waals surface area contributed by atoms with Crippen molar-refractivity contribution in [2.45, 2.75) is 20.3 Å². The molecule has 0 radical (unpaired) electrons. The number of rotatable bonds is 5. The van der Waals surface area contributed by atoms with Gasteiger partial charge in [-0.25, -0.2) is 0 Å². The second-order valence-electron chi connectivity index (χ2n) is 3.05. The molecular formula is C13H19N. The standard InChI is InChI=1S/C13H19N/c1-4-5-6-7-12(2)8-9-13(3)10-11-14/h4-7,9-11H,2,8,14H2,1,3H3/b5-4-,7-6-,11-10-,13-9-. The van der Waals surface area contributed by atoms with E-state index in [4.69, 9.17) is 5.73 Å². The first kappa shape index (κ1) is 12.5. The monoisotopic (exact) mass is 189 g/mol. The molecule has 1 heteroatoms. The quantitative estimate of drug-likeness (QED) is 0.658. The summed E-state index contributed by atoms with van der Waals surface area (Å²) in [6, 6.07) is 0. The van der Waals surface area contributed by atoms with E-state index in [0.717, 1.165) is 17.6 Å². The average Bonchev–Trinajstić information content (AvgIpc) is 2.16. The molecule has 0 fully saturated rings. The van der Waals surface area contributed by atoms with Gasteiger partial charge in [0.2, 0.25) is 0 Å². The van der Waals surface area contributed by atoms with Crippen LogP contribution in [0.25, 0.3) is 0 Å². The molecule has 0 bridgehead atoms. The Morgan fingerprint density at radius 3 is 2.57 bits per heavy atom. The third kappa shape index (κ3) is 7.17. The Balaban J connectivity index is 4.02. The summed E-state index contributed by atoms with van der Waals surface area (Å²) in [7, 11) is 0. The number of hydrogen-bond donors (Lipinski definition) is 1. The summed E-state index contributed by atoms with van der Waals surface area (Å²) in [5.41, 5.74) is 7.52. The first-order valence-corrected chi connectivity index (χ1v) is 4.73. The molecule has 0 atom stereocenters. The molecule has 2 N–H and O–H groups in total. The van der Waals surface area contributed by atoms with Crippen LogP contribution in [0.2, 0.25) is 0 Å². The van der Waals surface area contributed by atoms with Crippen LogP contribution in [-0.4, -0.2) is 0 Å². The fourth-order valence-corrected chi connectivity index (χ4v) is 0.883. The number of allylic oxidation sites excluding steroid dienone is 8. The number of hydrogen-bond acceptors (Lipinski definition) is 1. The van der Waals surface area contributed by atoms with Gasteiger partial charge in [0.25, 0.3) is 0 Å². The minimum absolute atomic E-state index is 0.865. The van der Waals surface area contributed by atoms with Gasteiger partial charge in [0.15, 0.2) is 0 Å². The summed E-state index contributed by atoms with van der Waals surface area (Å²) in [5.74, 6) is 0. The van der Waals surface area contributed by atoms with Gasteiger partial charge in [0, 0.05) is 0 Å². The predicted octanol–water partition coefficient (Wildman–Crippen LogP) is 3.48. The van der Waals surface area contributed by atoms with Crippen LogP contribution in [0.3, 0.4) is 0 Å². The zero-order chi connectivity index (χ0) is 10.8. The van der Waals surface area contributed by atoms with Gasteiger partial charge < -0.3 is 5.73 Å². The molecule has 0 aliphatic heterocycles. The van der Waals surface area contributed by atoms with Gasteiger partial charge in [0.05, 0.1) is 0 Å². The molecule has 0 aromatic heterocycles. The van der Waals surface area contributed by atoms with E-state index in [2.05, 4.69) is 12.7 Å². The molecule has 76 valence electrons. The second-order valence-corrected chi connectivity index (χ2v) is 3.05. The van der Waals surface area contributed by atoms with Gasteiger partial charge in [-0.3, -0.25) is 0 Å². The maximum Gasteiger partial charge on any atom is -0.00598 e. The van der Waals surface area contributed by atoms with Crippen LogP contribution in [0, 0.1) is 0 Å². The topological polar surface area (TPSA) is 26.0 Å². The van der Waals surface area contributed by atoms with Crippen LogP contribution in [0.15, 0.2) is 60.4 Å². The number of nitrogens with two attached hydrogens (primary N) is 1. The third-order valence-electron chi connectivity index (χ3n) is 1.68. The van der Waals surface area contributed by atoms with E-state index in [0.29, 0.717) is 0 Å². The molecule has 0 spiro atoms. The highest BCUT2D eigenvalue weighted by atomic mass is 14.5. The van der Waals surface area contributed by atoms with E-state index in [9.17, 15) is 0 Å². The molecule has 0 saturated heterocycles. The molecule has 0 rings (SSSR count). The van der Waals surface area contributed by atoms with E-state index in [1.807, 2.05) is 44.2 Å². The summed E-state index contributed by atoms with van der Waals surface area (Å²) < 4.78 is 0. The normalized spacial score (nSPS) is 13.4. The Labute approximate surface area is 87.0 Å².